The Morgan fingerprint density at radius 1 is 1.32 bits per heavy atom. The lowest BCUT2D eigenvalue weighted by molar-refractivity contribution is 0.112. The fraction of sp³-hybridized carbons (Fsp3) is 0.286. The van der Waals surface area contributed by atoms with Gasteiger partial charge in [0.05, 0.1) is 22.2 Å². The first-order valence-corrected chi connectivity index (χ1v) is 9.35. The molecule has 1 fully saturated rings. The molecule has 1 N–H and O–H groups in total. The van der Waals surface area contributed by atoms with Gasteiger partial charge in [-0.3, -0.25) is 4.79 Å². The number of rotatable bonds is 8. The third kappa shape index (κ3) is 5.04. The number of nitrogens with zero attached hydrogens (tertiary/aromatic N) is 1. The lowest BCUT2D eigenvalue weighted by Gasteiger charge is -2.33. The Hall–Kier alpha value is -2.08. The van der Waals surface area contributed by atoms with Crippen molar-refractivity contribution in [1.82, 2.24) is 4.90 Å². The molecule has 1 aliphatic rings. The summed E-state index contributed by atoms with van der Waals surface area (Å²) in [6.07, 6.45) is 4.91. The highest BCUT2D eigenvalue weighted by molar-refractivity contribution is 6.44. The zero-order valence-electron chi connectivity index (χ0n) is 15.9. The molecule has 0 spiro atoms. The van der Waals surface area contributed by atoms with E-state index in [2.05, 4.69) is 18.5 Å². The molecule has 1 aromatic rings. The Labute approximate surface area is 174 Å². The van der Waals surface area contributed by atoms with E-state index >= 15 is 0 Å². The molecule has 2 rings (SSSR count). The first kappa shape index (κ1) is 22.2. The maximum atomic E-state index is 14.4. The summed E-state index contributed by atoms with van der Waals surface area (Å²) in [5.74, 6) is -0.717. The molecular formula is C21H23Cl2FN2O2. The number of carbonyl (C=O) groups excluding carboxylic acids is 1. The molecule has 1 unspecified atom stereocenters. The topological polar surface area (TPSA) is 41.6 Å². The van der Waals surface area contributed by atoms with E-state index in [9.17, 15) is 9.18 Å². The van der Waals surface area contributed by atoms with E-state index in [0.717, 1.165) is 11.8 Å². The van der Waals surface area contributed by atoms with Gasteiger partial charge in [0.25, 0.3) is 0 Å². The van der Waals surface area contributed by atoms with Gasteiger partial charge in [-0.25, -0.2) is 4.39 Å². The Morgan fingerprint density at radius 2 is 2.04 bits per heavy atom. The highest BCUT2D eigenvalue weighted by Gasteiger charge is 2.42. The van der Waals surface area contributed by atoms with E-state index in [-0.39, 0.29) is 22.2 Å². The van der Waals surface area contributed by atoms with Crippen LogP contribution in [-0.4, -0.2) is 44.0 Å². The third-order valence-electron chi connectivity index (χ3n) is 4.38. The molecule has 150 valence electrons. The van der Waals surface area contributed by atoms with E-state index < -0.39 is 11.4 Å². The second-order valence-electron chi connectivity index (χ2n) is 6.75. The minimum Gasteiger partial charge on any atom is -0.383 e. The lowest BCUT2D eigenvalue weighted by atomic mass is 9.86. The van der Waals surface area contributed by atoms with Gasteiger partial charge in [0.15, 0.2) is 6.29 Å². The van der Waals surface area contributed by atoms with Gasteiger partial charge in [-0.15, -0.1) is 0 Å². The second kappa shape index (κ2) is 9.41. The standard InChI is InChI=1S/C21H23Cl2FN2O2/c1-14(22)20(23)19(15(2)24)21(8-10-28-13-21)25-18-6-5-16(7-9-26(3)4)17(11-18)12-27/h5-7,9,11-12,25H,1-2,8,10,13H2,3-4H3/b9-7-,20-19-. The van der Waals surface area contributed by atoms with E-state index in [1.165, 1.54) is 0 Å². The third-order valence-corrected chi connectivity index (χ3v) is 5.08. The van der Waals surface area contributed by atoms with E-state index in [0.29, 0.717) is 24.3 Å². The number of benzene rings is 1. The van der Waals surface area contributed by atoms with Crippen molar-refractivity contribution < 1.29 is 13.9 Å². The fourth-order valence-electron chi connectivity index (χ4n) is 3.06. The van der Waals surface area contributed by atoms with Crippen LogP contribution in [0, 0.1) is 0 Å². The molecule has 0 bridgehead atoms. The molecule has 28 heavy (non-hydrogen) atoms. The summed E-state index contributed by atoms with van der Waals surface area (Å²) in [7, 11) is 3.78. The molecule has 1 atom stereocenters. The summed E-state index contributed by atoms with van der Waals surface area (Å²) in [6.45, 7) is 7.57. The first-order chi connectivity index (χ1) is 13.2. The Morgan fingerprint density at radius 3 is 2.54 bits per heavy atom. The van der Waals surface area contributed by atoms with E-state index in [4.69, 9.17) is 27.9 Å². The summed E-state index contributed by atoms with van der Waals surface area (Å²) in [5, 5.41) is 3.29. The molecule has 1 aliphatic heterocycles. The van der Waals surface area contributed by atoms with Crippen molar-refractivity contribution in [2.45, 2.75) is 12.0 Å². The van der Waals surface area contributed by atoms with Gasteiger partial charge in [-0.2, -0.15) is 0 Å². The van der Waals surface area contributed by atoms with Crippen molar-refractivity contribution in [3.63, 3.8) is 0 Å². The molecule has 4 nitrogen and oxygen atoms in total. The molecule has 0 radical (unpaired) electrons. The summed E-state index contributed by atoms with van der Waals surface area (Å²) >= 11 is 12.2. The molecule has 1 aromatic carbocycles. The van der Waals surface area contributed by atoms with Crippen molar-refractivity contribution in [3.8, 4) is 0 Å². The fourth-order valence-corrected chi connectivity index (χ4v) is 3.44. The number of ether oxygens (including phenoxy) is 1. The average Bonchev–Trinajstić information content (AvgIpc) is 3.08. The number of anilines is 1. The van der Waals surface area contributed by atoms with Crippen LogP contribution in [0.2, 0.25) is 0 Å². The Balaban J connectivity index is 2.47. The van der Waals surface area contributed by atoms with Gasteiger partial charge in [-0.05, 0) is 30.0 Å². The van der Waals surface area contributed by atoms with Crippen LogP contribution in [-0.2, 0) is 4.74 Å². The maximum Gasteiger partial charge on any atom is 0.150 e. The van der Waals surface area contributed by atoms with Crippen LogP contribution in [0.15, 0.2) is 59.0 Å². The predicted molar refractivity (Wildman–Crippen MR) is 114 cm³/mol. The smallest absolute Gasteiger partial charge is 0.150 e. The molecule has 0 aromatic heterocycles. The van der Waals surface area contributed by atoms with Gasteiger partial charge in [0, 0.05) is 43.9 Å². The van der Waals surface area contributed by atoms with Gasteiger partial charge in [-0.1, -0.05) is 42.4 Å². The van der Waals surface area contributed by atoms with E-state index in [1.807, 2.05) is 43.4 Å². The molecule has 0 amide bonds. The first-order valence-electron chi connectivity index (χ1n) is 8.60. The highest BCUT2D eigenvalue weighted by atomic mass is 35.5. The van der Waals surface area contributed by atoms with Crippen LogP contribution in [0.1, 0.15) is 22.3 Å². The minimum atomic E-state index is -0.970. The number of halogens is 3. The zero-order chi connectivity index (χ0) is 20.9. The van der Waals surface area contributed by atoms with Gasteiger partial charge in [0.2, 0.25) is 0 Å². The molecule has 1 heterocycles. The second-order valence-corrected chi connectivity index (χ2v) is 7.58. The average molecular weight is 425 g/mol. The molecular weight excluding hydrogens is 402 g/mol. The van der Waals surface area contributed by atoms with E-state index in [1.54, 1.807) is 6.07 Å². The van der Waals surface area contributed by atoms with Crippen molar-refractivity contribution in [2.24, 2.45) is 0 Å². The number of aldehydes is 1. The van der Waals surface area contributed by atoms with Crippen molar-refractivity contribution in [2.75, 3.05) is 32.6 Å². The van der Waals surface area contributed by atoms with Crippen molar-refractivity contribution in [1.29, 1.82) is 0 Å². The number of allylic oxidation sites excluding steroid dienone is 2. The number of hydrogen-bond donors (Lipinski definition) is 1. The Bertz CT molecular complexity index is 841. The number of hydrogen-bond acceptors (Lipinski definition) is 4. The number of carbonyl (C=O) groups is 1. The molecule has 0 saturated carbocycles. The monoisotopic (exact) mass is 424 g/mol. The van der Waals surface area contributed by atoms with Crippen molar-refractivity contribution in [3.05, 3.63) is 70.1 Å². The van der Waals surface area contributed by atoms with Crippen LogP contribution in [0.5, 0.6) is 0 Å². The predicted octanol–water partition coefficient (Wildman–Crippen LogP) is 5.33. The summed E-state index contributed by atoms with van der Waals surface area (Å²) in [4.78, 5) is 13.4. The van der Waals surface area contributed by atoms with Crippen LogP contribution in [0.4, 0.5) is 10.1 Å². The van der Waals surface area contributed by atoms with Crippen molar-refractivity contribution >= 4 is 41.3 Å². The number of nitrogens with one attached hydrogen (secondary N) is 1. The maximum absolute atomic E-state index is 14.4. The minimum absolute atomic E-state index is 0.00619. The SMILES string of the molecule is C=C(Cl)/C(Cl)=C(\C(=C)F)C1(Nc2ccc(/C=C\N(C)C)c(C=O)c2)CCOC1. The quantitative estimate of drug-likeness (QED) is 0.452. The van der Waals surface area contributed by atoms with Gasteiger partial charge >= 0.3 is 0 Å². The molecule has 0 aliphatic carbocycles. The van der Waals surface area contributed by atoms with Crippen LogP contribution >= 0.6 is 23.2 Å². The Kier molecular flexibility index (Phi) is 7.47. The molecule has 1 saturated heterocycles. The largest absolute Gasteiger partial charge is 0.383 e. The lowest BCUT2D eigenvalue weighted by Crippen LogP contribution is -2.42. The van der Waals surface area contributed by atoms with Crippen LogP contribution in [0.25, 0.3) is 6.08 Å². The zero-order valence-corrected chi connectivity index (χ0v) is 17.4. The van der Waals surface area contributed by atoms with Crippen LogP contribution in [0.3, 0.4) is 0 Å². The highest BCUT2D eigenvalue weighted by Crippen LogP contribution is 2.40. The summed E-state index contributed by atoms with van der Waals surface area (Å²) in [5.41, 5.74) is 1.02. The van der Waals surface area contributed by atoms with Crippen LogP contribution < -0.4 is 5.32 Å². The molecule has 7 heteroatoms. The van der Waals surface area contributed by atoms with Gasteiger partial charge in [0.1, 0.15) is 5.83 Å². The normalized spacial score (nSPS) is 20.0. The summed E-state index contributed by atoms with van der Waals surface area (Å²) < 4.78 is 19.9. The van der Waals surface area contributed by atoms with Gasteiger partial charge < -0.3 is 15.0 Å². The summed E-state index contributed by atoms with van der Waals surface area (Å²) in [6, 6.07) is 5.32.